The number of hydrogen-bond acceptors (Lipinski definition) is 4. The zero-order valence-corrected chi connectivity index (χ0v) is 12.8. The average molecular weight is 290 g/mol. The lowest BCUT2D eigenvalue weighted by Crippen LogP contribution is -2.48. The van der Waals surface area contributed by atoms with Crippen molar-refractivity contribution in [3.05, 3.63) is 29.8 Å². The van der Waals surface area contributed by atoms with Crippen LogP contribution in [0.4, 0.5) is 5.69 Å². The van der Waals surface area contributed by atoms with Crippen LogP contribution < -0.4 is 5.73 Å². The topological polar surface area (TPSA) is 72.6 Å². The number of esters is 1. The van der Waals surface area contributed by atoms with Gasteiger partial charge in [0.05, 0.1) is 12.5 Å². The highest BCUT2D eigenvalue weighted by Gasteiger charge is 2.41. The van der Waals surface area contributed by atoms with Gasteiger partial charge in [-0.3, -0.25) is 4.79 Å². The summed E-state index contributed by atoms with van der Waals surface area (Å²) in [6, 6.07) is 6.82. The van der Waals surface area contributed by atoms with Crippen LogP contribution in [0.1, 0.15) is 32.3 Å². The normalized spacial score (nSPS) is 18.6. The van der Waals surface area contributed by atoms with Crippen LogP contribution >= 0.6 is 0 Å². The number of methoxy groups -OCH3 is 1. The first-order chi connectivity index (χ1) is 9.87. The number of amides is 1. The maximum atomic E-state index is 12.9. The first-order valence-electron chi connectivity index (χ1n) is 7.13. The Hall–Kier alpha value is -2.04. The van der Waals surface area contributed by atoms with Gasteiger partial charge in [0.2, 0.25) is 5.91 Å². The fraction of sp³-hybridized carbons (Fsp3) is 0.500. The van der Waals surface area contributed by atoms with Crippen LogP contribution in [0.25, 0.3) is 0 Å². The van der Waals surface area contributed by atoms with Crippen LogP contribution in [-0.2, 0) is 19.7 Å². The van der Waals surface area contributed by atoms with E-state index >= 15 is 0 Å². The fourth-order valence-electron chi connectivity index (χ4n) is 2.77. The number of carbonyl (C=O) groups is 2. The van der Waals surface area contributed by atoms with Gasteiger partial charge in [0.15, 0.2) is 0 Å². The average Bonchev–Trinajstić information content (AvgIpc) is 2.95. The Morgan fingerprint density at radius 2 is 1.90 bits per heavy atom. The number of benzene rings is 1. The Morgan fingerprint density at radius 1 is 1.29 bits per heavy atom. The van der Waals surface area contributed by atoms with E-state index in [1.165, 1.54) is 7.11 Å². The SMILES string of the molecule is COC(=O)C1CCCN1C(=O)C(C)(C)c1ccc(N)cc1. The lowest BCUT2D eigenvalue weighted by molar-refractivity contribution is -0.152. The molecule has 0 aromatic heterocycles. The monoisotopic (exact) mass is 290 g/mol. The number of nitrogens with zero attached hydrogens (tertiary/aromatic N) is 1. The van der Waals surface area contributed by atoms with Gasteiger partial charge < -0.3 is 15.4 Å². The Bertz CT molecular complexity index is 537. The van der Waals surface area contributed by atoms with E-state index in [0.29, 0.717) is 18.7 Å². The molecule has 0 spiro atoms. The highest BCUT2D eigenvalue weighted by Crippen LogP contribution is 2.30. The van der Waals surface area contributed by atoms with Gasteiger partial charge in [-0.15, -0.1) is 0 Å². The van der Waals surface area contributed by atoms with Crippen LogP contribution in [0.15, 0.2) is 24.3 Å². The van der Waals surface area contributed by atoms with Crippen molar-refractivity contribution in [1.29, 1.82) is 0 Å². The van der Waals surface area contributed by atoms with Crippen molar-refractivity contribution in [3.63, 3.8) is 0 Å². The molecule has 5 heteroatoms. The second-order valence-electron chi connectivity index (χ2n) is 5.93. The summed E-state index contributed by atoms with van der Waals surface area (Å²) >= 11 is 0. The van der Waals surface area contributed by atoms with E-state index < -0.39 is 11.5 Å². The highest BCUT2D eigenvalue weighted by atomic mass is 16.5. The van der Waals surface area contributed by atoms with Gasteiger partial charge in [0.1, 0.15) is 6.04 Å². The molecule has 21 heavy (non-hydrogen) atoms. The second kappa shape index (κ2) is 5.76. The smallest absolute Gasteiger partial charge is 0.328 e. The maximum absolute atomic E-state index is 12.9. The summed E-state index contributed by atoms with van der Waals surface area (Å²) in [6.07, 6.45) is 1.49. The van der Waals surface area contributed by atoms with Crippen LogP contribution in [-0.4, -0.2) is 36.5 Å². The second-order valence-corrected chi connectivity index (χ2v) is 5.93. The molecule has 2 N–H and O–H groups in total. The summed E-state index contributed by atoms with van der Waals surface area (Å²) in [7, 11) is 1.36. The van der Waals surface area contributed by atoms with Crippen LogP contribution in [0, 0.1) is 0 Å². The van der Waals surface area contributed by atoms with Crippen molar-refractivity contribution in [2.75, 3.05) is 19.4 Å². The molecule has 1 unspecified atom stereocenters. The molecule has 1 heterocycles. The Labute approximate surface area is 125 Å². The first kappa shape index (κ1) is 15.4. The summed E-state index contributed by atoms with van der Waals surface area (Å²) in [4.78, 5) is 26.3. The summed E-state index contributed by atoms with van der Waals surface area (Å²) in [5.74, 6) is -0.394. The van der Waals surface area contributed by atoms with Gasteiger partial charge in [-0.25, -0.2) is 4.79 Å². The lowest BCUT2D eigenvalue weighted by Gasteiger charge is -2.32. The number of ether oxygens (including phenoxy) is 1. The Morgan fingerprint density at radius 3 is 2.48 bits per heavy atom. The van der Waals surface area contributed by atoms with Crippen molar-refractivity contribution < 1.29 is 14.3 Å². The zero-order chi connectivity index (χ0) is 15.6. The van der Waals surface area contributed by atoms with Gasteiger partial charge in [-0.05, 0) is 44.4 Å². The summed E-state index contributed by atoms with van der Waals surface area (Å²) < 4.78 is 4.80. The number of anilines is 1. The molecule has 1 atom stereocenters. The zero-order valence-electron chi connectivity index (χ0n) is 12.8. The minimum absolute atomic E-state index is 0.0554. The van der Waals surface area contributed by atoms with E-state index in [0.717, 1.165) is 12.0 Å². The molecule has 1 aliphatic heterocycles. The van der Waals surface area contributed by atoms with E-state index in [9.17, 15) is 9.59 Å². The third-order valence-electron chi connectivity index (χ3n) is 4.15. The molecule has 0 bridgehead atoms. The molecule has 114 valence electrons. The lowest BCUT2D eigenvalue weighted by atomic mass is 9.83. The number of likely N-dealkylation sites (tertiary alicyclic amines) is 1. The number of nitrogen functional groups attached to an aromatic ring is 1. The third kappa shape index (κ3) is 2.86. The predicted octanol–water partition coefficient (Wildman–Crippen LogP) is 1.71. The van der Waals surface area contributed by atoms with Crippen LogP contribution in [0.5, 0.6) is 0 Å². The standard InChI is InChI=1S/C16H22N2O3/c1-16(2,11-6-8-12(17)9-7-11)15(20)18-10-4-5-13(18)14(19)21-3/h6-9,13H,4-5,10,17H2,1-3H3. The molecule has 0 aliphatic carbocycles. The minimum Gasteiger partial charge on any atom is -0.467 e. The highest BCUT2D eigenvalue weighted by molar-refractivity contribution is 5.91. The molecule has 1 aromatic carbocycles. The van der Waals surface area contributed by atoms with E-state index in [1.807, 2.05) is 26.0 Å². The van der Waals surface area contributed by atoms with Gasteiger partial charge in [-0.1, -0.05) is 12.1 Å². The van der Waals surface area contributed by atoms with E-state index in [4.69, 9.17) is 10.5 Å². The third-order valence-corrected chi connectivity index (χ3v) is 4.15. The molecule has 1 amide bonds. The molecular weight excluding hydrogens is 268 g/mol. The molecule has 2 rings (SSSR count). The number of rotatable bonds is 3. The van der Waals surface area contributed by atoms with Crippen molar-refractivity contribution in [1.82, 2.24) is 4.90 Å². The minimum atomic E-state index is -0.704. The van der Waals surface area contributed by atoms with Crippen LogP contribution in [0.3, 0.4) is 0 Å². The molecule has 1 aliphatic rings. The van der Waals surface area contributed by atoms with E-state index in [2.05, 4.69) is 0 Å². The van der Waals surface area contributed by atoms with Crippen molar-refractivity contribution in [2.24, 2.45) is 0 Å². The van der Waals surface area contributed by atoms with Gasteiger partial charge in [0, 0.05) is 12.2 Å². The summed E-state index contributed by atoms with van der Waals surface area (Å²) in [6.45, 7) is 4.33. The Kier molecular flexibility index (Phi) is 4.21. The van der Waals surface area contributed by atoms with Gasteiger partial charge in [-0.2, -0.15) is 0 Å². The molecule has 1 fully saturated rings. The van der Waals surface area contributed by atoms with Gasteiger partial charge in [0.25, 0.3) is 0 Å². The van der Waals surface area contributed by atoms with E-state index in [1.54, 1.807) is 17.0 Å². The number of nitrogens with two attached hydrogens (primary N) is 1. The summed E-state index contributed by atoms with van der Waals surface area (Å²) in [5.41, 5.74) is 6.54. The predicted molar refractivity (Wildman–Crippen MR) is 80.6 cm³/mol. The molecule has 0 radical (unpaired) electrons. The maximum Gasteiger partial charge on any atom is 0.328 e. The molecule has 1 saturated heterocycles. The van der Waals surface area contributed by atoms with Crippen molar-refractivity contribution >= 4 is 17.6 Å². The molecule has 1 aromatic rings. The summed E-state index contributed by atoms with van der Waals surface area (Å²) in [5, 5.41) is 0. The molecule has 0 saturated carbocycles. The van der Waals surface area contributed by atoms with Crippen molar-refractivity contribution in [3.8, 4) is 0 Å². The molecule has 5 nitrogen and oxygen atoms in total. The van der Waals surface area contributed by atoms with E-state index in [-0.39, 0.29) is 11.9 Å². The largest absolute Gasteiger partial charge is 0.467 e. The number of carbonyl (C=O) groups excluding carboxylic acids is 2. The number of hydrogen-bond donors (Lipinski definition) is 1. The first-order valence-corrected chi connectivity index (χ1v) is 7.13. The van der Waals surface area contributed by atoms with Crippen molar-refractivity contribution in [2.45, 2.75) is 38.1 Å². The Balaban J connectivity index is 2.25. The quantitative estimate of drug-likeness (QED) is 0.679. The van der Waals surface area contributed by atoms with Crippen LogP contribution in [0.2, 0.25) is 0 Å². The fourth-order valence-corrected chi connectivity index (χ4v) is 2.77. The molecular formula is C16H22N2O3. The van der Waals surface area contributed by atoms with Gasteiger partial charge >= 0.3 is 5.97 Å².